The minimum Gasteiger partial charge on any atom is -0.493 e. The van der Waals surface area contributed by atoms with Crippen molar-refractivity contribution in [3.05, 3.63) is 42.4 Å². The molecule has 8 heteroatoms. The SMILES string of the molecule is C.O=S(=O)=CCNCc1ccc(-c2ccc3ncnc(O)c3c2)o1. The normalized spacial score (nSPS) is 10.3. The molecule has 0 aliphatic rings. The van der Waals surface area contributed by atoms with E-state index in [-0.39, 0.29) is 19.9 Å². The summed E-state index contributed by atoms with van der Waals surface area (Å²) in [6, 6.07) is 9.01. The third-order valence-corrected chi connectivity index (χ3v) is 3.66. The number of nitrogens with one attached hydrogen (secondary N) is 1. The number of furan rings is 1. The second-order valence-electron chi connectivity index (χ2n) is 4.75. The summed E-state index contributed by atoms with van der Waals surface area (Å²) < 4.78 is 26.5. The van der Waals surface area contributed by atoms with Gasteiger partial charge < -0.3 is 14.8 Å². The molecular weight excluding hydrogens is 330 g/mol. The molecule has 0 spiro atoms. The number of rotatable bonds is 5. The van der Waals surface area contributed by atoms with Crippen LogP contribution in [0.5, 0.6) is 5.88 Å². The van der Waals surface area contributed by atoms with Crippen LogP contribution in [0.4, 0.5) is 0 Å². The summed E-state index contributed by atoms with van der Waals surface area (Å²) in [5, 5.41) is 14.4. The highest BCUT2D eigenvalue weighted by Crippen LogP contribution is 2.28. The number of hydrogen-bond donors (Lipinski definition) is 2. The van der Waals surface area contributed by atoms with Crippen molar-refractivity contribution in [2.75, 3.05) is 6.54 Å². The molecule has 2 aromatic heterocycles. The van der Waals surface area contributed by atoms with E-state index in [4.69, 9.17) is 4.42 Å². The van der Waals surface area contributed by atoms with Crippen LogP contribution in [0.2, 0.25) is 0 Å². The van der Waals surface area contributed by atoms with Crippen LogP contribution in [0.3, 0.4) is 0 Å². The van der Waals surface area contributed by atoms with E-state index in [0.717, 1.165) is 10.9 Å². The lowest BCUT2D eigenvalue weighted by Crippen LogP contribution is -2.15. The summed E-state index contributed by atoms with van der Waals surface area (Å²) >= 11 is 0. The van der Waals surface area contributed by atoms with Crippen LogP contribution < -0.4 is 5.32 Å². The molecule has 0 saturated carbocycles. The summed E-state index contributed by atoms with van der Waals surface area (Å²) in [5.74, 6) is 1.24. The first-order valence-corrected chi connectivity index (χ1v) is 7.92. The highest BCUT2D eigenvalue weighted by molar-refractivity contribution is 7.71. The van der Waals surface area contributed by atoms with Crippen LogP contribution in [-0.2, 0) is 16.8 Å². The lowest BCUT2D eigenvalue weighted by atomic mass is 10.1. The largest absolute Gasteiger partial charge is 0.493 e. The maximum Gasteiger partial charge on any atom is 0.221 e. The lowest BCUT2D eigenvalue weighted by molar-refractivity contribution is 0.459. The van der Waals surface area contributed by atoms with Crippen LogP contribution in [0.1, 0.15) is 13.2 Å². The topological polar surface area (TPSA) is 105 Å². The number of benzene rings is 1. The Morgan fingerprint density at radius 3 is 2.83 bits per heavy atom. The zero-order valence-corrected chi connectivity index (χ0v) is 12.7. The molecule has 0 aliphatic heterocycles. The van der Waals surface area contributed by atoms with Gasteiger partial charge in [0.05, 0.1) is 17.4 Å². The van der Waals surface area contributed by atoms with Gasteiger partial charge in [-0.25, -0.2) is 9.97 Å². The molecule has 0 amide bonds. The maximum absolute atomic E-state index is 10.4. The monoisotopic (exact) mass is 347 g/mol. The smallest absolute Gasteiger partial charge is 0.221 e. The van der Waals surface area contributed by atoms with Gasteiger partial charge >= 0.3 is 0 Å². The Bertz CT molecular complexity index is 972. The molecule has 0 saturated heterocycles. The fourth-order valence-electron chi connectivity index (χ4n) is 2.15. The average molecular weight is 347 g/mol. The Morgan fingerprint density at radius 2 is 2.04 bits per heavy atom. The summed E-state index contributed by atoms with van der Waals surface area (Å²) in [7, 11) is -2.17. The third-order valence-electron chi connectivity index (χ3n) is 3.22. The van der Waals surface area contributed by atoms with Crippen LogP contribution in [0.15, 0.2) is 41.1 Å². The standard InChI is InChI=1S/C15H13N3O4S.CH4/c19-15-12-7-10(1-3-13(12)17-9-18-15)14-4-2-11(22-14)8-16-5-6-23(20)21;/h1-4,6-7,9,16H,5,8H2,(H,17,18,19);1H4. The van der Waals surface area contributed by atoms with E-state index >= 15 is 0 Å². The molecule has 0 aliphatic carbocycles. The molecule has 0 unspecified atom stereocenters. The average Bonchev–Trinajstić information content (AvgIpc) is 3.00. The molecule has 0 atom stereocenters. The van der Waals surface area contributed by atoms with Gasteiger partial charge in [0.15, 0.2) is 0 Å². The summed E-state index contributed by atoms with van der Waals surface area (Å²) in [6.07, 6.45) is 1.31. The second-order valence-corrected chi connectivity index (χ2v) is 5.61. The van der Waals surface area contributed by atoms with Crippen molar-refractivity contribution in [3.8, 4) is 17.2 Å². The van der Waals surface area contributed by atoms with E-state index in [0.29, 0.717) is 29.0 Å². The van der Waals surface area contributed by atoms with E-state index < -0.39 is 10.3 Å². The molecule has 126 valence electrons. The predicted octanol–water partition coefficient (Wildman–Crippen LogP) is 2.00. The van der Waals surface area contributed by atoms with E-state index in [2.05, 4.69) is 15.3 Å². The Balaban J connectivity index is 0.00000208. The van der Waals surface area contributed by atoms with Crippen LogP contribution in [0, 0.1) is 0 Å². The molecule has 3 rings (SSSR count). The fourth-order valence-corrected chi connectivity index (χ4v) is 2.40. The Kier molecular flexibility index (Phi) is 5.67. The van der Waals surface area contributed by atoms with E-state index in [9.17, 15) is 13.5 Å². The highest BCUT2D eigenvalue weighted by Gasteiger charge is 2.08. The maximum atomic E-state index is 10.4. The van der Waals surface area contributed by atoms with Crippen molar-refractivity contribution >= 4 is 26.6 Å². The van der Waals surface area contributed by atoms with E-state index in [1.807, 2.05) is 18.2 Å². The van der Waals surface area contributed by atoms with Crippen molar-refractivity contribution in [3.63, 3.8) is 0 Å². The first kappa shape index (κ1) is 17.6. The van der Waals surface area contributed by atoms with Crippen LogP contribution in [0.25, 0.3) is 22.2 Å². The Hall–Kier alpha value is -2.71. The number of aromatic hydroxyl groups is 1. The zero-order chi connectivity index (χ0) is 16.2. The van der Waals surface area contributed by atoms with Gasteiger partial charge in [-0.1, -0.05) is 7.43 Å². The molecule has 7 nitrogen and oxygen atoms in total. The first-order valence-electron chi connectivity index (χ1n) is 6.78. The molecule has 3 aromatic rings. The third kappa shape index (κ3) is 3.98. The minimum atomic E-state index is -2.17. The minimum absolute atomic E-state index is 0. The first-order chi connectivity index (χ1) is 11.1. The van der Waals surface area contributed by atoms with E-state index in [1.165, 1.54) is 6.33 Å². The van der Waals surface area contributed by atoms with Gasteiger partial charge in [-0.3, -0.25) is 0 Å². The number of aromatic nitrogens is 2. The fraction of sp³-hybridized carbons (Fsp3) is 0.188. The lowest BCUT2D eigenvalue weighted by Gasteiger charge is -2.02. The van der Waals surface area contributed by atoms with Crippen LogP contribution in [-0.4, -0.2) is 35.4 Å². The van der Waals surface area contributed by atoms with Crippen LogP contribution >= 0.6 is 0 Å². The molecule has 2 N–H and O–H groups in total. The van der Waals surface area contributed by atoms with Gasteiger partial charge in [0.2, 0.25) is 16.2 Å². The van der Waals surface area contributed by atoms with E-state index in [1.54, 1.807) is 12.1 Å². The molecule has 1 aromatic carbocycles. The Morgan fingerprint density at radius 1 is 1.21 bits per heavy atom. The zero-order valence-electron chi connectivity index (χ0n) is 11.9. The summed E-state index contributed by atoms with van der Waals surface area (Å²) in [5.41, 5.74) is 1.44. The summed E-state index contributed by atoms with van der Waals surface area (Å²) in [4.78, 5) is 7.84. The molecule has 0 fully saturated rings. The van der Waals surface area contributed by atoms with Gasteiger partial charge in [-0.05, 0) is 30.3 Å². The quantitative estimate of drug-likeness (QED) is 0.537. The second kappa shape index (κ2) is 7.71. The molecule has 2 heterocycles. The number of hydrogen-bond acceptors (Lipinski definition) is 7. The van der Waals surface area contributed by atoms with Gasteiger partial charge in [-0.15, -0.1) is 0 Å². The predicted molar refractivity (Wildman–Crippen MR) is 92.3 cm³/mol. The highest BCUT2D eigenvalue weighted by atomic mass is 32.2. The van der Waals surface area contributed by atoms with Crippen molar-refractivity contribution < 1.29 is 17.9 Å². The van der Waals surface area contributed by atoms with Crippen molar-refractivity contribution in [2.24, 2.45) is 0 Å². The number of nitrogens with zero attached hydrogens (tertiary/aromatic N) is 2. The molecule has 24 heavy (non-hydrogen) atoms. The van der Waals surface area contributed by atoms with Gasteiger partial charge in [0.25, 0.3) is 0 Å². The molecular formula is C16H17N3O4S. The number of fused-ring (bicyclic) bond motifs is 1. The molecule has 0 radical (unpaired) electrons. The van der Waals surface area contributed by atoms with Gasteiger partial charge in [0, 0.05) is 17.5 Å². The van der Waals surface area contributed by atoms with Crippen molar-refractivity contribution in [1.82, 2.24) is 15.3 Å². The van der Waals surface area contributed by atoms with Gasteiger partial charge in [0.1, 0.15) is 17.8 Å². The Labute approximate surface area is 140 Å². The summed E-state index contributed by atoms with van der Waals surface area (Å²) in [6.45, 7) is 0.656. The van der Waals surface area contributed by atoms with Crippen molar-refractivity contribution in [1.29, 1.82) is 0 Å². The van der Waals surface area contributed by atoms with Gasteiger partial charge in [-0.2, -0.15) is 8.42 Å². The molecule has 0 bridgehead atoms. The van der Waals surface area contributed by atoms with Crippen molar-refractivity contribution in [2.45, 2.75) is 14.0 Å².